The van der Waals surface area contributed by atoms with E-state index in [1.807, 2.05) is 13.8 Å². The first-order valence-electron chi connectivity index (χ1n) is 6.69. The van der Waals surface area contributed by atoms with Crippen molar-refractivity contribution in [3.63, 3.8) is 0 Å². The molecule has 2 amide bonds. The SMILES string of the molecule is COc1cc(OC)cc(N2C(=O)c3c(C)sc(C)c3C2=O)c1. The number of carbonyl (C=O) groups is 2. The first-order valence-corrected chi connectivity index (χ1v) is 7.51. The minimum absolute atomic E-state index is 0.294. The fourth-order valence-corrected chi connectivity index (χ4v) is 3.71. The number of imide groups is 1. The average molecular weight is 317 g/mol. The summed E-state index contributed by atoms with van der Waals surface area (Å²) in [4.78, 5) is 28.3. The first-order chi connectivity index (χ1) is 10.5. The van der Waals surface area contributed by atoms with Gasteiger partial charge < -0.3 is 9.47 Å². The van der Waals surface area contributed by atoms with Gasteiger partial charge in [-0.15, -0.1) is 11.3 Å². The number of benzene rings is 1. The predicted molar refractivity (Wildman–Crippen MR) is 84.5 cm³/mol. The molecule has 0 fully saturated rings. The van der Waals surface area contributed by atoms with Crippen LogP contribution in [-0.4, -0.2) is 26.0 Å². The van der Waals surface area contributed by atoms with E-state index in [-0.39, 0.29) is 11.8 Å². The molecule has 22 heavy (non-hydrogen) atoms. The molecule has 6 heteroatoms. The molecule has 114 valence electrons. The maximum Gasteiger partial charge on any atom is 0.267 e. The summed E-state index contributed by atoms with van der Waals surface area (Å²) in [5.41, 5.74) is 1.47. The van der Waals surface area contributed by atoms with Crippen LogP contribution in [0.25, 0.3) is 0 Å². The molecule has 0 radical (unpaired) electrons. The Kier molecular flexibility index (Phi) is 3.41. The van der Waals surface area contributed by atoms with Gasteiger partial charge in [0, 0.05) is 28.0 Å². The second-order valence-electron chi connectivity index (χ2n) is 4.98. The summed E-state index contributed by atoms with van der Waals surface area (Å²) in [6.45, 7) is 3.72. The van der Waals surface area contributed by atoms with Crippen LogP contribution in [0, 0.1) is 13.8 Å². The summed E-state index contributed by atoms with van der Waals surface area (Å²) < 4.78 is 10.4. The quantitative estimate of drug-likeness (QED) is 0.816. The molecule has 0 unspecified atom stereocenters. The molecule has 0 atom stereocenters. The monoisotopic (exact) mass is 317 g/mol. The molecular weight excluding hydrogens is 302 g/mol. The summed E-state index contributed by atoms with van der Waals surface area (Å²) in [5, 5.41) is 0. The normalized spacial score (nSPS) is 13.5. The fraction of sp³-hybridized carbons (Fsp3) is 0.250. The van der Waals surface area contributed by atoms with Gasteiger partial charge in [0.1, 0.15) is 11.5 Å². The number of amides is 2. The van der Waals surface area contributed by atoms with Gasteiger partial charge in [-0.05, 0) is 13.8 Å². The summed E-state index contributed by atoms with van der Waals surface area (Å²) in [7, 11) is 3.05. The number of nitrogens with zero attached hydrogens (tertiary/aromatic N) is 1. The van der Waals surface area contributed by atoms with Gasteiger partial charge in [0.05, 0.1) is 31.0 Å². The second-order valence-corrected chi connectivity index (χ2v) is 6.41. The topological polar surface area (TPSA) is 55.8 Å². The Morgan fingerprint density at radius 3 is 1.73 bits per heavy atom. The van der Waals surface area contributed by atoms with Gasteiger partial charge in [-0.25, -0.2) is 4.90 Å². The summed E-state index contributed by atoms with van der Waals surface area (Å²) in [6.07, 6.45) is 0. The minimum Gasteiger partial charge on any atom is -0.497 e. The smallest absolute Gasteiger partial charge is 0.267 e. The molecule has 2 heterocycles. The summed E-state index contributed by atoms with van der Waals surface area (Å²) in [5.74, 6) is 0.463. The van der Waals surface area contributed by atoms with E-state index in [9.17, 15) is 9.59 Å². The van der Waals surface area contributed by atoms with Gasteiger partial charge in [0.2, 0.25) is 0 Å². The first kappa shape index (κ1) is 14.6. The van der Waals surface area contributed by atoms with Gasteiger partial charge >= 0.3 is 0 Å². The van der Waals surface area contributed by atoms with Gasteiger partial charge in [0.25, 0.3) is 11.8 Å². The molecule has 0 spiro atoms. The lowest BCUT2D eigenvalue weighted by Gasteiger charge is -2.16. The van der Waals surface area contributed by atoms with Gasteiger partial charge in [0.15, 0.2) is 0 Å². The molecule has 1 aliphatic heterocycles. The Labute approximate surface area is 132 Å². The van der Waals surface area contributed by atoms with Crippen LogP contribution in [0.2, 0.25) is 0 Å². The lowest BCUT2D eigenvalue weighted by atomic mass is 10.1. The van der Waals surface area contributed by atoms with Crippen molar-refractivity contribution in [1.82, 2.24) is 0 Å². The zero-order valence-corrected chi connectivity index (χ0v) is 13.5. The van der Waals surface area contributed by atoms with Crippen molar-refractivity contribution in [2.45, 2.75) is 13.8 Å². The molecular formula is C16H15NO4S. The highest BCUT2D eigenvalue weighted by Gasteiger charge is 2.41. The number of fused-ring (bicyclic) bond motifs is 1. The van der Waals surface area contributed by atoms with E-state index in [2.05, 4.69) is 0 Å². The van der Waals surface area contributed by atoms with Crippen molar-refractivity contribution in [2.75, 3.05) is 19.1 Å². The van der Waals surface area contributed by atoms with E-state index in [0.29, 0.717) is 28.3 Å². The summed E-state index contributed by atoms with van der Waals surface area (Å²) in [6, 6.07) is 5.00. The van der Waals surface area contributed by atoms with E-state index in [4.69, 9.17) is 9.47 Å². The standard InChI is InChI=1S/C16H15NO4S/c1-8-13-14(9(2)22-8)16(19)17(15(13)18)10-5-11(20-3)7-12(6-10)21-4/h5-7H,1-4H3. The number of hydrogen-bond acceptors (Lipinski definition) is 5. The van der Waals surface area contributed by atoms with Crippen molar-refractivity contribution < 1.29 is 19.1 Å². The van der Waals surface area contributed by atoms with Crippen molar-refractivity contribution in [2.24, 2.45) is 0 Å². The van der Waals surface area contributed by atoms with Crippen molar-refractivity contribution in [3.05, 3.63) is 39.1 Å². The average Bonchev–Trinajstić information content (AvgIpc) is 2.94. The van der Waals surface area contributed by atoms with E-state index in [1.165, 1.54) is 30.5 Å². The third kappa shape index (κ3) is 1.99. The third-order valence-corrected chi connectivity index (χ3v) is 4.71. The van der Waals surface area contributed by atoms with Crippen LogP contribution in [0.15, 0.2) is 18.2 Å². The molecule has 0 saturated heterocycles. The van der Waals surface area contributed by atoms with Crippen LogP contribution >= 0.6 is 11.3 Å². The van der Waals surface area contributed by atoms with Crippen LogP contribution in [-0.2, 0) is 0 Å². The zero-order chi connectivity index (χ0) is 16.0. The van der Waals surface area contributed by atoms with Crippen LogP contribution in [0.1, 0.15) is 30.5 Å². The Balaban J connectivity index is 2.13. The van der Waals surface area contributed by atoms with Gasteiger partial charge in [-0.1, -0.05) is 0 Å². The Morgan fingerprint density at radius 2 is 1.32 bits per heavy atom. The highest BCUT2D eigenvalue weighted by molar-refractivity contribution is 7.12. The molecule has 0 saturated carbocycles. The van der Waals surface area contributed by atoms with E-state index < -0.39 is 0 Å². The van der Waals surface area contributed by atoms with E-state index in [1.54, 1.807) is 18.2 Å². The number of thiophene rings is 1. The molecule has 0 bridgehead atoms. The highest BCUT2D eigenvalue weighted by atomic mass is 32.1. The number of rotatable bonds is 3. The Bertz CT molecular complexity index is 735. The molecule has 1 aromatic carbocycles. The van der Waals surface area contributed by atoms with Gasteiger partial charge in [-0.2, -0.15) is 0 Å². The lowest BCUT2D eigenvalue weighted by Crippen LogP contribution is -2.29. The minimum atomic E-state index is -0.294. The molecule has 5 nitrogen and oxygen atoms in total. The number of aryl methyl sites for hydroxylation is 2. The number of hydrogen-bond donors (Lipinski definition) is 0. The number of anilines is 1. The fourth-order valence-electron chi connectivity index (χ4n) is 2.67. The molecule has 0 aliphatic carbocycles. The summed E-state index contributed by atoms with van der Waals surface area (Å²) >= 11 is 1.47. The number of methoxy groups -OCH3 is 2. The Morgan fingerprint density at radius 1 is 0.864 bits per heavy atom. The van der Waals surface area contributed by atoms with E-state index in [0.717, 1.165) is 9.75 Å². The molecule has 0 N–H and O–H groups in total. The highest BCUT2D eigenvalue weighted by Crippen LogP contribution is 2.38. The maximum atomic E-state index is 12.7. The zero-order valence-electron chi connectivity index (χ0n) is 12.7. The van der Waals surface area contributed by atoms with Crippen molar-refractivity contribution in [3.8, 4) is 11.5 Å². The maximum absolute atomic E-state index is 12.7. The van der Waals surface area contributed by atoms with E-state index >= 15 is 0 Å². The molecule has 1 aliphatic rings. The number of ether oxygens (including phenoxy) is 2. The third-order valence-electron chi connectivity index (χ3n) is 3.69. The van der Waals surface area contributed by atoms with Crippen LogP contribution in [0.3, 0.4) is 0 Å². The Hall–Kier alpha value is -2.34. The van der Waals surface area contributed by atoms with Crippen LogP contribution in [0.5, 0.6) is 11.5 Å². The van der Waals surface area contributed by atoms with Crippen molar-refractivity contribution >= 4 is 28.8 Å². The van der Waals surface area contributed by atoms with Gasteiger partial charge in [-0.3, -0.25) is 9.59 Å². The molecule has 1 aromatic heterocycles. The van der Waals surface area contributed by atoms with Crippen LogP contribution < -0.4 is 14.4 Å². The largest absolute Gasteiger partial charge is 0.497 e. The number of carbonyl (C=O) groups excluding carboxylic acids is 2. The lowest BCUT2D eigenvalue weighted by molar-refractivity contribution is 0.0926. The second kappa shape index (κ2) is 5.14. The molecule has 3 rings (SSSR count). The molecule has 2 aromatic rings. The predicted octanol–water partition coefficient (Wildman–Crippen LogP) is 3.18. The van der Waals surface area contributed by atoms with Crippen LogP contribution in [0.4, 0.5) is 5.69 Å². The van der Waals surface area contributed by atoms with Crippen molar-refractivity contribution in [1.29, 1.82) is 0 Å².